The van der Waals surface area contributed by atoms with Gasteiger partial charge in [-0.3, -0.25) is 9.59 Å². The van der Waals surface area contributed by atoms with Gasteiger partial charge in [-0.15, -0.1) is 0 Å². The molecule has 0 fully saturated rings. The molecule has 0 spiro atoms. The number of furan rings is 1. The van der Waals surface area contributed by atoms with E-state index in [1.807, 2.05) is 38.1 Å². The minimum Gasteiger partial charge on any atom is -0.457 e. The third-order valence-electron chi connectivity index (χ3n) is 4.40. The number of carbonyl (C=O) groups is 2. The highest BCUT2D eigenvalue weighted by Gasteiger charge is 2.06. The topological polar surface area (TPSA) is 71.3 Å². The van der Waals surface area contributed by atoms with Crippen LogP contribution in [0.3, 0.4) is 0 Å². The van der Waals surface area contributed by atoms with E-state index < -0.39 is 0 Å². The van der Waals surface area contributed by atoms with Gasteiger partial charge >= 0.3 is 0 Å². The number of anilines is 2. The van der Waals surface area contributed by atoms with Gasteiger partial charge in [0.1, 0.15) is 11.5 Å². The summed E-state index contributed by atoms with van der Waals surface area (Å²) in [6.45, 7) is 3.89. The van der Waals surface area contributed by atoms with Gasteiger partial charge < -0.3 is 15.1 Å². The Morgan fingerprint density at radius 3 is 2.37 bits per heavy atom. The Morgan fingerprint density at radius 2 is 1.70 bits per heavy atom. The van der Waals surface area contributed by atoms with Crippen molar-refractivity contribution in [3.05, 3.63) is 77.0 Å². The molecule has 0 aliphatic heterocycles. The molecule has 154 valence electrons. The van der Waals surface area contributed by atoms with E-state index in [2.05, 4.69) is 10.6 Å². The predicted molar refractivity (Wildman–Crippen MR) is 122 cm³/mol. The molecule has 0 radical (unpaired) electrons. The Bertz CT molecular complexity index is 1070. The van der Waals surface area contributed by atoms with Crippen LogP contribution in [-0.2, 0) is 9.59 Å². The molecule has 1 aromatic heterocycles. The van der Waals surface area contributed by atoms with Gasteiger partial charge in [0, 0.05) is 34.5 Å². The number of benzene rings is 2. The van der Waals surface area contributed by atoms with Crippen LogP contribution in [0.15, 0.2) is 65.1 Å². The lowest BCUT2D eigenvalue weighted by atomic mass is 10.1. The van der Waals surface area contributed by atoms with Gasteiger partial charge in [0.2, 0.25) is 11.8 Å². The molecule has 3 aromatic rings. The Morgan fingerprint density at radius 1 is 1.00 bits per heavy atom. The molecule has 1 heterocycles. The number of aryl methyl sites for hydroxylation is 1. The average Bonchev–Trinajstić information content (AvgIpc) is 3.19. The van der Waals surface area contributed by atoms with E-state index >= 15 is 0 Å². The largest absolute Gasteiger partial charge is 0.457 e. The number of halogens is 1. The third-order valence-corrected chi connectivity index (χ3v) is 4.80. The van der Waals surface area contributed by atoms with Crippen molar-refractivity contribution in [2.24, 2.45) is 0 Å². The molecule has 2 N–H and O–H groups in total. The molecule has 0 bridgehead atoms. The molecule has 0 unspecified atom stereocenters. The lowest BCUT2D eigenvalue weighted by Gasteiger charge is -2.06. The molecule has 5 nitrogen and oxygen atoms in total. The lowest BCUT2D eigenvalue weighted by molar-refractivity contribution is -0.116. The van der Waals surface area contributed by atoms with E-state index in [0.717, 1.165) is 17.5 Å². The minimum absolute atomic E-state index is 0.0251. The number of nitrogens with one attached hydrogen (secondary N) is 2. The second-order valence-corrected chi connectivity index (χ2v) is 7.27. The molecule has 0 aliphatic carbocycles. The summed E-state index contributed by atoms with van der Waals surface area (Å²) in [5, 5.41) is 6.26. The van der Waals surface area contributed by atoms with Gasteiger partial charge in [-0.25, -0.2) is 0 Å². The average molecular weight is 423 g/mol. The number of hydrogen-bond donors (Lipinski definition) is 2. The predicted octanol–water partition coefficient (Wildman–Crippen LogP) is 6.30. The first-order valence-corrected chi connectivity index (χ1v) is 10.1. The molecule has 0 aliphatic rings. The van der Waals surface area contributed by atoms with E-state index in [-0.39, 0.29) is 11.8 Å². The van der Waals surface area contributed by atoms with Crippen LogP contribution in [0.25, 0.3) is 17.4 Å². The van der Waals surface area contributed by atoms with Crippen LogP contribution in [-0.4, -0.2) is 11.8 Å². The maximum Gasteiger partial charge on any atom is 0.248 e. The Kier molecular flexibility index (Phi) is 7.09. The van der Waals surface area contributed by atoms with Crippen LogP contribution in [0.5, 0.6) is 0 Å². The first kappa shape index (κ1) is 21.4. The van der Waals surface area contributed by atoms with E-state index in [0.29, 0.717) is 34.3 Å². The second kappa shape index (κ2) is 9.94. The van der Waals surface area contributed by atoms with Crippen molar-refractivity contribution < 1.29 is 14.0 Å². The van der Waals surface area contributed by atoms with Gasteiger partial charge in [-0.1, -0.05) is 30.7 Å². The number of rotatable bonds is 7. The van der Waals surface area contributed by atoms with E-state index in [1.54, 1.807) is 36.4 Å². The second-order valence-electron chi connectivity index (χ2n) is 6.86. The van der Waals surface area contributed by atoms with E-state index in [1.165, 1.54) is 6.08 Å². The van der Waals surface area contributed by atoms with Gasteiger partial charge in [-0.05, 0) is 67.4 Å². The fourth-order valence-electron chi connectivity index (χ4n) is 2.77. The fourth-order valence-corrected chi connectivity index (χ4v) is 2.95. The molecule has 2 aromatic carbocycles. The molecular weight excluding hydrogens is 400 g/mol. The zero-order valence-electron chi connectivity index (χ0n) is 16.9. The quantitative estimate of drug-likeness (QED) is 0.439. The van der Waals surface area contributed by atoms with Gasteiger partial charge in [-0.2, -0.15) is 0 Å². The van der Waals surface area contributed by atoms with E-state index in [9.17, 15) is 9.59 Å². The molecule has 0 saturated carbocycles. The van der Waals surface area contributed by atoms with Crippen LogP contribution in [0, 0.1) is 6.92 Å². The normalized spacial score (nSPS) is 10.9. The highest BCUT2D eigenvalue weighted by atomic mass is 35.5. The number of hydrogen-bond acceptors (Lipinski definition) is 3. The fraction of sp³-hybridized carbons (Fsp3) is 0.167. The molecule has 30 heavy (non-hydrogen) atoms. The molecule has 6 heteroatoms. The van der Waals surface area contributed by atoms with Crippen molar-refractivity contribution in [2.75, 3.05) is 10.6 Å². The molecule has 3 rings (SSSR count). The summed E-state index contributed by atoms with van der Waals surface area (Å²) in [7, 11) is 0. The smallest absolute Gasteiger partial charge is 0.248 e. The molecule has 0 atom stereocenters. The van der Waals surface area contributed by atoms with Gasteiger partial charge in [0.05, 0.1) is 0 Å². The van der Waals surface area contributed by atoms with Gasteiger partial charge in [0.25, 0.3) is 0 Å². The molecule has 0 saturated heterocycles. The summed E-state index contributed by atoms with van der Waals surface area (Å²) in [6.07, 6.45) is 4.28. The van der Waals surface area contributed by atoms with Crippen LogP contribution >= 0.6 is 11.6 Å². The van der Waals surface area contributed by atoms with E-state index in [4.69, 9.17) is 16.0 Å². The maximum absolute atomic E-state index is 12.2. The number of carbonyl (C=O) groups excluding carboxylic acids is 2. The van der Waals surface area contributed by atoms with Crippen molar-refractivity contribution >= 4 is 40.9 Å². The summed E-state index contributed by atoms with van der Waals surface area (Å²) in [4.78, 5) is 23.8. The first-order valence-electron chi connectivity index (χ1n) is 9.70. The third kappa shape index (κ3) is 5.84. The van der Waals surface area contributed by atoms with Crippen molar-refractivity contribution in [3.8, 4) is 11.3 Å². The summed E-state index contributed by atoms with van der Waals surface area (Å²) >= 11 is 6.17. The van der Waals surface area contributed by atoms with Crippen molar-refractivity contribution in [3.63, 3.8) is 0 Å². The minimum atomic E-state index is -0.283. The zero-order chi connectivity index (χ0) is 21.5. The SMILES string of the molecule is CCCC(=O)Nc1ccc(NC(=O)/C=C/c2ccc(-c3ccc(C)c(Cl)c3)o2)cc1. The van der Waals surface area contributed by atoms with Gasteiger partial charge in [0.15, 0.2) is 0 Å². The van der Waals surface area contributed by atoms with Crippen LogP contribution in [0.4, 0.5) is 11.4 Å². The highest BCUT2D eigenvalue weighted by molar-refractivity contribution is 6.31. The standard InChI is InChI=1S/C24H23ClN2O3/c1-3-4-23(28)26-18-7-9-19(10-8-18)27-24(29)14-12-20-11-13-22(30-20)17-6-5-16(2)21(25)15-17/h5-15H,3-4H2,1-2H3,(H,26,28)(H,27,29)/b14-12+. The summed E-state index contributed by atoms with van der Waals surface area (Å²) in [6, 6.07) is 16.3. The summed E-state index contributed by atoms with van der Waals surface area (Å²) in [5.74, 6) is 0.931. The van der Waals surface area contributed by atoms with Crippen molar-refractivity contribution in [2.45, 2.75) is 26.7 Å². The Labute approximate surface area is 180 Å². The maximum atomic E-state index is 12.2. The van der Waals surface area contributed by atoms with Crippen molar-refractivity contribution in [1.29, 1.82) is 0 Å². The molecule has 2 amide bonds. The summed E-state index contributed by atoms with van der Waals surface area (Å²) < 4.78 is 5.77. The van der Waals surface area contributed by atoms with Crippen LogP contribution in [0.2, 0.25) is 5.02 Å². The van der Waals surface area contributed by atoms with Crippen molar-refractivity contribution in [1.82, 2.24) is 0 Å². The van der Waals surface area contributed by atoms with Crippen LogP contribution in [0.1, 0.15) is 31.1 Å². The lowest BCUT2D eigenvalue weighted by Crippen LogP contribution is -2.11. The van der Waals surface area contributed by atoms with Crippen LogP contribution < -0.4 is 10.6 Å². The first-order chi connectivity index (χ1) is 14.4. The Balaban J connectivity index is 1.58. The highest BCUT2D eigenvalue weighted by Crippen LogP contribution is 2.27. The Hall–Kier alpha value is -3.31. The number of amides is 2. The zero-order valence-corrected chi connectivity index (χ0v) is 17.6. The summed E-state index contributed by atoms with van der Waals surface area (Å²) in [5.41, 5.74) is 3.20. The molecular formula is C24H23ClN2O3. The monoisotopic (exact) mass is 422 g/mol.